The molecule has 0 saturated heterocycles. The van der Waals surface area contributed by atoms with Gasteiger partial charge in [-0.25, -0.2) is 4.57 Å². The van der Waals surface area contributed by atoms with Crippen LogP contribution in [0.3, 0.4) is 0 Å². The molecule has 0 saturated carbocycles. The van der Waals surface area contributed by atoms with Gasteiger partial charge >= 0.3 is 6.80 Å². The first-order chi connectivity index (χ1) is 12.2. The molecule has 0 aromatic heterocycles. The Morgan fingerprint density at radius 1 is 1.19 bits per heavy atom. The molecule has 1 atom stereocenters. The van der Waals surface area contributed by atoms with Gasteiger partial charge in [-0.15, -0.1) is 0 Å². The van der Waals surface area contributed by atoms with Gasteiger partial charge in [0.25, 0.3) is 0 Å². The van der Waals surface area contributed by atoms with E-state index in [4.69, 9.17) is 20.6 Å². The van der Waals surface area contributed by atoms with Gasteiger partial charge in [-0.05, 0) is 47.8 Å². The number of carbonyl (C=O) groups is 1. The SMILES string of the molecule is CCCSP(=O)(OCC)OC1=C(c2ccc(Cl)cc2)C(=O)CC(C)(C)C1. The van der Waals surface area contributed by atoms with Crippen LogP contribution in [0.4, 0.5) is 0 Å². The Morgan fingerprint density at radius 3 is 2.42 bits per heavy atom. The third-order valence-electron chi connectivity index (χ3n) is 3.93. The largest absolute Gasteiger partial charge is 0.439 e. The monoisotopic (exact) mass is 416 g/mol. The van der Waals surface area contributed by atoms with Gasteiger partial charge in [0.15, 0.2) is 5.78 Å². The summed E-state index contributed by atoms with van der Waals surface area (Å²) in [6.07, 6.45) is 1.80. The zero-order valence-corrected chi connectivity index (χ0v) is 18.2. The van der Waals surface area contributed by atoms with Crippen molar-refractivity contribution in [1.29, 1.82) is 0 Å². The van der Waals surface area contributed by atoms with Gasteiger partial charge in [-0.2, -0.15) is 0 Å². The lowest BCUT2D eigenvalue weighted by atomic mass is 9.75. The quantitative estimate of drug-likeness (QED) is 0.439. The van der Waals surface area contributed by atoms with E-state index in [1.54, 1.807) is 31.2 Å². The van der Waals surface area contributed by atoms with Crippen molar-refractivity contribution >= 4 is 41.1 Å². The number of allylic oxidation sites excluding steroid dienone is 2. The first kappa shape index (κ1) is 21.6. The van der Waals surface area contributed by atoms with Crippen LogP contribution in [0.15, 0.2) is 30.0 Å². The predicted octanol–water partition coefficient (Wildman–Crippen LogP) is 6.74. The molecule has 0 heterocycles. The maximum atomic E-state index is 13.1. The van der Waals surface area contributed by atoms with Gasteiger partial charge in [-0.3, -0.25) is 9.32 Å². The minimum atomic E-state index is -3.37. The summed E-state index contributed by atoms with van der Waals surface area (Å²) in [7, 11) is 0. The molecule has 7 heteroatoms. The van der Waals surface area contributed by atoms with Crippen LogP contribution < -0.4 is 0 Å². The van der Waals surface area contributed by atoms with Gasteiger partial charge in [-0.1, -0.05) is 44.5 Å². The zero-order chi connectivity index (χ0) is 19.4. The van der Waals surface area contributed by atoms with Crippen LogP contribution in [0.1, 0.15) is 52.5 Å². The molecule has 0 N–H and O–H groups in total. The molecule has 0 fully saturated rings. The summed E-state index contributed by atoms with van der Waals surface area (Å²) in [6.45, 7) is 4.73. The average Bonchev–Trinajstić information content (AvgIpc) is 2.53. The van der Waals surface area contributed by atoms with E-state index in [0.29, 0.717) is 34.9 Å². The zero-order valence-electron chi connectivity index (χ0n) is 15.7. The van der Waals surface area contributed by atoms with E-state index in [0.717, 1.165) is 12.0 Å². The molecule has 144 valence electrons. The van der Waals surface area contributed by atoms with Crippen molar-refractivity contribution < 1.29 is 18.4 Å². The van der Waals surface area contributed by atoms with Gasteiger partial charge in [0.05, 0.1) is 12.2 Å². The highest BCUT2D eigenvalue weighted by Crippen LogP contribution is 2.63. The van der Waals surface area contributed by atoms with Crippen molar-refractivity contribution in [2.45, 2.75) is 47.0 Å². The average molecular weight is 417 g/mol. The van der Waals surface area contributed by atoms with E-state index < -0.39 is 6.80 Å². The fourth-order valence-electron chi connectivity index (χ4n) is 2.87. The van der Waals surface area contributed by atoms with E-state index in [1.165, 1.54) is 11.4 Å². The summed E-state index contributed by atoms with van der Waals surface area (Å²) in [5.41, 5.74) is 0.959. The summed E-state index contributed by atoms with van der Waals surface area (Å²) >= 11 is 7.16. The Labute approximate surface area is 165 Å². The summed E-state index contributed by atoms with van der Waals surface area (Å²) in [5.74, 6) is 1.11. The third kappa shape index (κ3) is 5.63. The van der Waals surface area contributed by atoms with Crippen molar-refractivity contribution in [3.8, 4) is 0 Å². The van der Waals surface area contributed by atoms with Gasteiger partial charge in [0.2, 0.25) is 0 Å². The highest BCUT2D eigenvalue weighted by Gasteiger charge is 2.38. The van der Waals surface area contributed by atoms with E-state index in [1.807, 2.05) is 20.8 Å². The van der Waals surface area contributed by atoms with Crippen molar-refractivity contribution in [1.82, 2.24) is 0 Å². The standard InChI is InChI=1S/C19H26ClO4PS/c1-5-11-26-25(22,23-6-2)24-17-13-19(3,4)12-16(21)18(17)14-7-9-15(20)10-8-14/h7-10H,5-6,11-13H2,1-4H3. The second-order valence-corrected chi connectivity index (χ2v) is 11.6. The van der Waals surface area contributed by atoms with Crippen LogP contribution in [-0.2, 0) is 18.4 Å². The first-order valence-electron chi connectivity index (χ1n) is 8.80. The molecule has 2 rings (SSSR count). The van der Waals surface area contributed by atoms with Crippen LogP contribution in [0.2, 0.25) is 5.02 Å². The number of Topliss-reactive ketones (excluding diaryl/α,β-unsaturated/α-hetero) is 1. The Kier molecular flexibility index (Phi) is 7.43. The molecular formula is C19H26ClO4PS. The number of halogens is 1. The fourth-order valence-corrected chi connectivity index (χ4v) is 6.51. The lowest BCUT2D eigenvalue weighted by Crippen LogP contribution is -2.26. The van der Waals surface area contributed by atoms with Crippen LogP contribution in [0.5, 0.6) is 0 Å². The second kappa shape index (κ2) is 8.97. The van der Waals surface area contributed by atoms with Crippen molar-refractivity contribution in [2.24, 2.45) is 5.41 Å². The minimum Gasteiger partial charge on any atom is -0.421 e. The summed E-state index contributed by atoms with van der Waals surface area (Å²) in [4.78, 5) is 12.9. The maximum Gasteiger partial charge on any atom is 0.439 e. The Balaban J connectivity index is 2.48. The van der Waals surface area contributed by atoms with Crippen LogP contribution in [0, 0.1) is 5.41 Å². The Morgan fingerprint density at radius 2 is 1.85 bits per heavy atom. The van der Waals surface area contributed by atoms with E-state index in [9.17, 15) is 9.36 Å². The topological polar surface area (TPSA) is 52.6 Å². The summed E-state index contributed by atoms with van der Waals surface area (Å²) in [6, 6.07) is 7.06. The summed E-state index contributed by atoms with van der Waals surface area (Å²) < 4.78 is 24.6. The molecule has 1 aromatic carbocycles. The molecule has 1 unspecified atom stereocenters. The van der Waals surface area contributed by atoms with Crippen molar-refractivity contribution in [3.63, 3.8) is 0 Å². The molecule has 0 bridgehead atoms. The predicted molar refractivity (Wildman–Crippen MR) is 109 cm³/mol. The Hall–Kier alpha value is -0.740. The summed E-state index contributed by atoms with van der Waals surface area (Å²) in [5, 5.41) is 0.596. The van der Waals surface area contributed by atoms with Crippen molar-refractivity contribution in [2.75, 3.05) is 12.4 Å². The van der Waals surface area contributed by atoms with E-state index in [2.05, 4.69) is 0 Å². The van der Waals surface area contributed by atoms with E-state index in [-0.39, 0.29) is 17.8 Å². The Bertz CT molecular complexity index is 728. The number of hydrogen-bond donors (Lipinski definition) is 0. The molecule has 0 spiro atoms. The molecule has 1 aliphatic rings. The highest BCUT2D eigenvalue weighted by atomic mass is 35.5. The van der Waals surface area contributed by atoms with Crippen LogP contribution in [-0.4, -0.2) is 18.1 Å². The number of benzene rings is 1. The molecule has 26 heavy (non-hydrogen) atoms. The molecular weight excluding hydrogens is 391 g/mol. The maximum absolute atomic E-state index is 13.1. The van der Waals surface area contributed by atoms with Gasteiger partial charge < -0.3 is 4.52 Å². The number of ketones is 1. The van der Waals surface area contributed by atoms with Crippen LogP contribution in [0.25, 0.3) is 5.57 Å². The number of hydrogen-bond acceptors (Lipinski definition) is 5. The minimum absolute atomic E-state index is 0.0119. The van der Waals surface area contributed by atoms with Gasteiger partial charge in [0.1, 0.15) is 5.76 Å². The normalized spacial score (nSPS) is 19.3. The van der Waals surface area contributed by atoms with Gasteiger partial charge in [0, 0.05) is 23.6 Å². The molecule has 1 aromatic rings. The molecule has 0 aliphatic heterocycles. The van der Waals surface area contributed by atoms with E-state index >= 15 is 0 Å². The fraction of sp³-hybridized carbons (Fsp3) is 0.526. The molecule has 0 radical (unpaired) electrons. The lowest BCUT2D eigenvalue weighted by Gasteiger charge is -2.33. The third-order valence-corrected chi connectivity index (χ3v) is 8.15. The smallest absolute Gasteiger partial charge is 0.421 e. The number of rotatable bonds is 8. The van der Waals surface area contributed by atoms with Crippen LogP contribution >= 0.6 is 29.8 Å². The molecule has 1 aliphatic carbocycles. The lowest BCUT2D eigenvalue weighted by molar-refractivity contribution is -0.116. The first-order valence-corrected chi connectivity index (χ1v) is 12.3. The van der Waals surface area contributed by atoms with Crippen molar-refractivity contribution in [3.05, 3.63) is 40.6 Å². The molecule has 4 nitrogen and oxygen atoms in total. The molecule has 0 amide bonds. The number of carbonyl (C=O) groups excluding carboxylic acids is 1. The second-order valence-electron chi connectivity index (χ2n) is 7.04. The highest BCUT2D eigenvalue weighted by molar-refractivity contribution is 8.55.